The fourth-order valence-corrected chi connectivity index (χ4v) is 9.98. The van der Waals surface area contributed by atoms with Crippen molar-refractivity contribution in [2.24, 2.45) is 17.6 Å². The van der Waals surface area contributed by atoms with Gasteiger partial charge >= 0.3 is 11.9 Å². The number of nitrogens with one attached hydrogen (secondary N) is 7. The number of ketones is 1. The molecular weight excluding hydrogens is 1110 g/mol. The van der Waals surface area contributed by atoms with Gasteiger partial charge in [-0.15, -0.1) is 0 Å². The predicted octanol–water partition coefficient (Wildman–Crippen LogP) is 4.50. The average Bonchev–Trinajstić information content (AvgIpc) is 3.70. The number of carboxylic acids is 2. The minimum absolute atomic E-state index is 0.0507. The fraction of sp³-hybridized carbons (Fsp3) is 0.758. The molecule has 3 atom stereocenters. The van der Waals surface area contributed by atoms with Gasteiger partial charge in [0, 0.05) is 51.4 Å². The molecule has 12 N–H and O–H groups in total. The predicted molar refractivity (Wildman–Crippen MR) is 325 cm³/mol. The van der Waals surface area contributed by atoms with Crippen molar-refractivity contribution in [3.8, 4) is 5.75 Å². The minimum atomic E-state index is -1.21. The number of carbonyl (C=O) groups is 9. The Balaban J connectivity index is 1.37. The summed E-state index contributed by atoms with van der Waals surface area (Å²) in [6, 6.07) is 4.00. The lowest BCUT2D eigenvalue weighted by Gasteiger charge is -2.28. The Morgan fingerprint density at radius 3 is 1.52 bits per heavy atom. The number of hydrogen-bond donors (Lipinski definition) is 11. The highest BCUT2D eigenvalue weighted by atomic mass is 16.5. The first-order chi connectivity index (χ1) is 41.6. The topological polar surface area (TPSA) is 361 Å². The van der Waals surface area contributed by atoms with Crippen molar-refractivity contribution in [2.45, 2.75) is 198 Å². The van der Waals surface area contributed by atoms with Crippen molar-refractivity contribution in [1.29, 1.82) is 0 Å². The number of aromatic hydroxyl groups is 1. The molecule has 0 bridgehead atoms. The Morgan fingerprint density at radius 2 is 1.01 bits per heavy atom. The van der Waals surface area contributed by atoms with Crippen LogP contribution < -0.4 is 43.0 Å². The number of aliphatic carboxylic acids is 2. The summed E-state index contributed by atoms with van der Waals surface area (Å²) < 4.78 is 21.6. The quantitative estimate of drug-likeness (QED) is 0.0400. The van der Waals surface area contributed by atoms with Crippen molar-refractivity contribution in [2.75, 3.05) is 92.6 Å². The number of ether oxygens (including phenoxy) is 4. The maximum Gasteiger partial charge on any atom is 0.326 e. The van der Waals surface area contributed by atoms with E-state index in [1.165, 1.54) is 76.3 Å². The van der Waals surface area contributed by atoms with Gasteiger partial charge < -0.3 is 71.9 Å². The Labute approximate surface area is 509 Å². The zero-order valence-electron chi connectivity index (χ0n) is 51.4. The molecule has 1 saturated carbocycles. The van der Waals surface area contributed by atoms with Gasteiger partial charge in [0.2, 0.25) is 35.4 Å². The van der Waals surface area contributed by atoms with E-state index in [-0.39, 0.29) is 151 Å². The van der Waals surface area contributed by atoms with Crippen molar-refractivity contribution >= 4 is 53.2 Å². The van der Waals surface area contributed by atoms with E-state index < -0.39 is 36.0 Å². The van der Waals surface area contributed by atoms with Crippen LogP contribution in [-0.2, 0) is 68.5 Å². The number of rotatable bonds is 56. The van der Waals surface area contributed by atoms with Crippen LogP contribution in [0.25, 0.3) is 0 Å². The van der Waals surface area contributed by atoms with Gasteiger partial charge in [0.05, 0.1) is 58.3 Å². The number of benzene rings is 1. The van der Waals surface area contributed by atoms with Crippen molar-refractivity contribution in [3.05, 3.63) is 29.8 Å². The third-order valence-corrected chi connectivity index (χ3v) is 15.2. The molecule has 6 amide bonds. The molecule has 0 radical (unpaired) electrons. The number of nitrogens with two attached hydrogens (primary N) is 1. The molecule has 1 aliphatic carbocycles. The van der Waals surface area contributed by atoms with Crippen molar-refractivity contribution < 1.29 is 77.4 Å². The standard InChI is InChI=1S/C62H106N8O16/c1-64-51(54(72)44-68-53(60(63)79)42-47-25-29-50(71)30-26-47)20-18-19-33-65-57(75)45-85-40-39-84-37-35-67-58(76)46-86-41-38-83-36-34-66-56(74)32-31-52(62(81)82)70-61(80)49-27-23-48(24-28-49)43-69-55(73)21-16-14-12-10-8-6-4-2-3-5-7-9-11-13-15-17-22-59(77)78/h25-26,29-30,48-49,51-53,64,68,71H,2-24,27-28,31-46H2,1H3,(H2,63,79)(H,65,75)(H,66,74)(H,67,76)(H,69,73)(H,70,80)(H,77,78)(H,81,82)/t48?,49?,51-,52?,53-/m0/s1. The number of carboxylic acid groups (broad SMARTS) is 2. The second kappa shape index (κ2) is 50.2. The van der Waals surface area contributed by atoms with Crippen LogP contribution in [0.2, 0.25) is 0 Å². The van der Waals surface area contributed by atoms with E-state index >= 15 is 0 Å². The van der Waals surface area contributed by atoms with E-state index in [1.807, 2.05) is 0 Å². The van der Waals surface area contributed by atoms with Crippen LogP contribution >= 0.6 is 0 Å². The van der Waals surface area contributed by atoms with Gasteiger partial charge in [0.25, 0.3) is 0 Å². The molecule has 0 spiro atoms. The molecule has 24 heteroatoms. The van der Waals surface area contributed by atoms with Crippen LogP contribution in [-0.4, -0.2) is 179 Å². The lowest BCUT2D eigenvalue weighted by molar-refractivity contribution is -0.143. The van der Waals surface area contributed by atoms with Crippen LogP contribution in [0.1, 0.15) is 179 Å². The number of unbranched alkanes of at least 4 members (excludes halogenated alkanes) is 16. The summed E-state index contributed by atoms with van der Waals surface area (Å²) in [6.07, 6.45) is 24.1. The number of phenols is 1. The monoisotopic (exact) mass is 1220 g/mol. The Hall–Kier alpha value is -5.79. The molecule has 2 rings (SSSR count). The molecule has 0 heterocycles. The summed E-state index contributed by atoms with van der Waals surface area (Å²) in [4.78, 5) is 109. The van der Waals surface area contributed by atoms with Crippen molar-refractivity contribution in [3.63, 3.8) is 0 Å². The smallest absolute Gasteiger partial charge is 0.326 e. The fourth-order valence-electron chi connectivity index (χ4n) is 9.98. The molecular formula is C62H106N8O16. The van der Waals surface area contributed by atoms with Gasteiger partial charge in [-0.3, -0.25) is 43.7 Å². The van der Waals surface area contributed by atoms with E-state index in [4.69, 9.17) is 29.8 Å². The van der Waals surface area contributed by atoms with Crippen LogP contribution in [0, 0.1) is 11.8 Å². The molecule has 490 valence electrons. The van der Waals surface area contributed by atoms with Gasteiger partial charge in [0.1, 0.15) is 25.0 Å². The first kappa shape index (κ1) is 76.3. The summed E-state index contributed by atoms with van der Waals surface area (Å²) >= 11 is 0. The van der Waals surface area contributed by atoms with E-state index in [0.29, 0.717) is 51.6 Å². The number of hydrogen-bond acceptors (Lipinski definition) is 16. The summed E-state index contributed by atoms with van der Waals surface area (Å²) in [5, 5.41) is 47.7. The van der Waals surface area contributed by atoms with Crippen LogP contribution in [0.3, 0.4) is 0 Å². The van der Waals surface area contributed by atoms with E-state index in [1.54, 1.807) is 19.2 Å². The van der Waals surface area contributed by atoms with Crippen LogP contribution in [0.15, 0.2) is 24.3 Å². The molecule has 86 heavy (non-hydrogen) atoms. The van der Waals surface area contributed by atoms with Gasteiger partial charge in [-0.05, 0) is 101 Å². The van der Waals surface area contributed by atoms with Crippen molar-refractivity contribution in [1.82, 2.24) is 37.2 Å². The highest BCUT2D eigenvalue weighted by Gasteiger charge is 2.30. The van der Waals surface area contributed by atoms with E-state index in [9.17, 15) is 53.4 Å². The molecule has 1 unspecified atom stereocenters. The minimum Gasteiger partial charge on any atom is -0.508 e. The third kappa shape index (κ3) is 41.3. The summed E-state index contributed by atoms with van der Waals surface area (Å²) in [6.45, 7) is 2.09. The molecule has 1 aromatic rings. The molecule has 0 saturated heterocycles. The maximum absolute atomic E-state index is 13.0. The summed E-state index contributed by atoms with van der Waals surface area (Å²) in [5.41, 5.74) is 6.32. The van der Waals surface area contributed by atoms with Gasteiger partial charge in [-0.2, -0.15) is 0 Å². The number of Topliss-reactive ketones (excluding diaryl/α,β-unsaturated/α-hetero) is 1. The lowest BCUT2D eigenvalue weighted by atomic mass is 9.81. The zero-order valence-corrected chi connectivity index (χ0v) is 51.4. The number of primary amides is 1. The third-order valence-electron chi connectivity index (χ3n) is 15.2. The molecule has 1 aliphatic rings. The summed E-state index contributed by atoms with van der Waals surface area (Å²) in [7, 11) is 1.68. The molecule has 1 fully saturated rings. The van der Waals surface area contributed by atoms with Gasteiger partial charge in [-0.25, -0.2) is 4.79 Å². The Bertz CT molecular complexity index is 2060. The summed E-state index contributed by atoms with van der Waals surface area (Å²) in [5.74, 6) is -3.85. The SMILES string of the molecule is CN[C@@H](CCCCNC(=O)COCCOCCNC(=O)COCCOCCNC(=O)CCC(NC(=O)C1CCC(CNC(=O)CCCCCCCCCCCCCCCCCCC(=O)O)CC1)C(=O)O)C(=O)CN[C@@H](Cc1ccc(O)cc1)C(N)=O. The number of amides is 6. The van der Waals surface area contributed by atoms with Gasteiger partial charge in [0.15, 0.2) is 5.78 Å². The van der Waals surface area contributed by atoms with Crippen LogP contribution in [0.5, 0.6) is 5.75 Å². The average molecular weight is 1220 g/mol. The molecule has 24 nitrogen and oxygen atoms in total. The second-order valence-electron chi connectivity index (χ2n) is 22.4. The Morgan fingerprint density at radius 1 is 0.523 bits per heavy atom. The Kier molecular flexibility index (Phi) is 44.6. The first-order valence-electron chi connectivity index (χ1n) is 31.7. The largest absolute Gasteiger partial charge is 0.508 e. The van der Waals surface area contributed by atoms with E-state index in [0.717, 1.165) is 56.9 Å². The lowest BCUT2D eigenvalue weighted by Crippen LogP contribution is -2.48. The molecule has 1 aromatic carbocycles. The highest BCUT2D eigenvalue weighted by molar-refractivity contribution is 5.87. The van der Waals surface area contributed by atoms with Crippen LogP contribution in [0.4, 0.5) is 0 Å². The first-order valence-corrected chi connectivity index (χ1v) is 31.7. The number of phenolic OH excluding ortho intramolecular Hbond substituents is 1. The molecule has 0 aliphatic heterocycles. The second-order valence-corrected chi connectivity index (χ2v) is 22.4. The van der Waals surface area contributed by atoms with E-state index in [2.05, 4.69) is 37.2 Å². The highest BCUT2D eigenvalue weighted by Crippen LogP contribution is 2.29. The van der Waals surface area contributed by atoms with Gasteiger partial charge in [-0.1, -0.05) is 102 Å². The maximum atomic E-state index is 13.0. The number of likely N-dealkylation sites (N-methyl/N-ethyl adjacent to an activating group) is 1. The zero-order chi connectivity index (χ0) is 62.8. The number of carbonyl (C=O) groups excluding carboxylic acids is 7. The normalized spacial score (nSPS) is 15.0. The molecule has 0 aromatic heterocycles.